The number of pyridine rings is 1. The Morgan fingerprint density at radius 2 is 2.22 bits per heavy atom. The van der Waals surface area contributed by atoms with E-state index in [9.17, 15) is 4.39 Å². The zero-order valence-corrected chi connectivity index (χ0v) is 9.68. The van der Waals surface area contributed by atoms with E-state index in [4.69, 9.17) is 5.26 Å². The quantitative estimate of drug-likeness (QED) is 0.892. The average molecular weight is 243 g/mol. The molecule has 0 unspecified atom stereocenters. The molecule has 0 aromatic carbocycles. The Hall–Kier alpha value is -2.55. The first-order chi connectivity index (χ1) is 8.74. The molecule has 1 N–H and O–H groups in total. The third kappa shape index (κ3) is 2.40. The van der Waals surface area contributed by atoms with Gasteiger partial charge in [0.1, 0.15) is 11.8 Å². The lowest BCUT2D eigenvalue weighted by atomic mass is 10.1. The zero-order valence-electron chi connectivity index (χ0n) is 9.68. The number of rotatable bonds is 3. The molecule has 6 heteroatoms. The van der Waals surface area contributed by atoms with Crippen LogP contribution in [-0.4, -0.2) is 21.5 Å². The molecular weight excluding hydrogens is 233 g/mol. The van der Waals surface area contributed by atoms with Crippen molar-refractivity contribution in [2.75, 3.05) is 11.9 Å². The average Bonchev–Trinajstić information content (AvgIpc) is 2.41. The summed E-state index contributed by atoms with van der Waals surface area (Å²) in [6.45, 7) is 2.53. The summed E-state index contributed by atoms with van der Waals surface area (Å²) in [4.78, 5) is 11.8. The molecule has 2 rings (SSSR count). The smallest absolute Gasteiger partial charge is 0.223 e. The normalized spacial score (nSPS) is 9.83. The van der Waals surface area contributed by atoms with Crippen LogP contribution in [0.3, 0.4) is 0 Å². The minimum atomic E-state index is -0.548. The molecular formula is C12H10FN5. The molecule has 0 radical (unpaired) electrons. The van der Waals surface area contributed by atoms with Crippen LogP contribution in [0.25, 0.3) is 11.3 Å². The summed E-state index contributed by atoms with van der Waals surface area (Å²) in [5, 5.41) is 11.7. The van der Waals surface area contributed by atoms with Crippen molar-refractivity contribution >= 4 is 5.95 Å². The second-order valence-electron chi connectivity index (χ2n) is 3.49. The molecule has 5 nitrogen and oxygen atoms in total. The van der Waals surface area contributed by atoms with E-state index in [1.165, 1.54) is 18.5 Å². The van der Waals surface area contributed by atoms with Gasteiger partial charge >= 0.3 is 0 Å². The SMILES string of the molecule is CCNc1ncc(F)c(-c2cncc(C#N)c2)n1. The van der Waals surface area contributed by atoms with E-state index in [1.807, 2.05) is 13.0 Å². The number of nitrogens with one attached hydrogen (secondary N) is 1. The number of hydrogen-bond acceptors (Lipinski definition) is 5. The molecule has 0 aliphatic carbocycles. The number of aromatic nitrogens is 3. The first-order valence-corrected chi connectivity index (χ1v) is 5.36. The highest BCUT2D eigenvalue weighted by atomic mass is 19.1. The molecule has 2 aromatic rings. The summed E-state index contributed by atoms with van der Waals surface area (Å²) in [5.41, 5.74) is 0.939. The van der Waals surface area contributed by atoms with Crippen LogP contribution < -0.4 is 5.32 Å². The lowest BCUT2D eigenvalue weighted by Gasteiger charge is -2.05. The summed E-state index contributed by atoms with van der Waals surface area (Å²) in [6.07, 6.45) is 3.97. The monoisotopic (exact) mass is 243 g/mol. The predicted octanol–water partition coefficient (Wildman–Crippen LogP) is 1.98. The van der Waals surface area contributed by atoms with Gasteiger partial charge in [-0.2, -0.15) is 5.26 Å². The highest BCUT2D eigenvalue weighted by Gasteiger charge is 2.10. The number of anilines is 1. The van der Waals surface area contributed by atoms with E-state index in [0.29, 0.717) is 23.6 Å². The van der Waals surface area contributed by atoms with Crippen molar-refractivity contribution < 1.29 is 4.39 Å². The Morgan fingerprint density at radius 1 is 1.39 bits per heavy atom. The van der Waals surface area contributed by atoms with Crippen molar-refractivity contribution in [3.05, 3.63) is 36.0 Å². The minimum Gasteiger partial charge on any atom is -0.354 e. The first kappa shape index (κ1) is 11.9. The Kier molecular flexibility index (Phi) is 3.44. The third-order valence-corrected chi connectivity index (χ3v) is 2.22. The Morgan fingerprint density at radius 3 is 2.94 bits per heavy atom. The second-order valence-corrected chi connectivity index (χ2v) is 3.49. The van der Waals surface area contributed by atoms with Gasteiger partial charge in [-0.15, -0.1) is 0 Å². The van der Waals surface area contributed by atoms with Gasteiger partial charge in [0.05, 0.1) is 11.8 Å². The van der Waals surface area contributed by atoms with Crippen LogP contribution in [-0.2, 0) is 0 Å². The lowest BCUT2D eigenvalue weighted by molar-refractivity contribution is 0.618. The molecule has 0 saturated heterocycles. The van der Waals surface area contributed by atoms with Crippen LogP contribution in [0.1, 0.15) is 12.5 Å². The van der Waals surface area contributed by atoms with Gasteiger partial charge in [0, 0.05) is 24.5 Å². The van der Waals surface area contributed by atoms with Crippen molar-refractivity contribution in [2.24, 2.45) is 0 Å². The number of nitriles is 1. The maximum absolute atomic E-state index is 13.7. The van der Waals surface area contributed by atoms with Crippen molar-refractivity contribution in [2.45, 2.75) is 6.92 Å². The van der Waals surface area contributed by atoms with Gasteiger partial charge in [0.2, 0.25) is 5.95 Å². The summed E-state index contributed by atoms with van der Waals surface area (Å²) < 4.78 is 13.7. The third-order valence-electron chi connectivity index (χ3n) is 2.22. The Bertz CT molecular complexity index is 606. The molecule has 90 valence electrons. The first-order valence-electron chi connectivity index (χ1n) is 5.36. The number of halogens is 1. The van der Waals surface area contributed by atoms with Gasteiger partial charge in [0.25, 0.3) is 0 Å². The molecule has 0 spiro atoms. The fourth-order valence-corrected chi connectivity index (χ4v) is 1.44. The van der Waals surface area contributed by atoms with Crippen LogP contribution in [0.4, 0.5) is 10.3 Å². The summed E-state index contributed by atoms with van der Waals surface area (Å²) in [7, 11) is 0. The van der Waals surface area contributed by atoms with Gasteiger partial charge < -0.3 is 5.32 Å². The molecule has 0 fully saturated rings. The molecule has 0 atom stereocenters. The van der Waals surface area contributed by atoms with E-state index in [0.717, 1.165) is 6.20 Å². The Labute approximate surface area is 103 Å². The van der Waals surface area contributed by atoms with Crippen LogP contribution >= 0.6 is 0 Å². The molecule has 0 aliphatic heterocycles. The maximum Gasteiger partial charge on any atom is 0.223 e. The molecule has 2 aromatic heterocycles. The Balaban J connectivity index is 2.48. The fraction of sp³-hybridized carbons (Fsp3) is 0.167. The van der Waals surface area contributed by atoms with E-state index in [2.05, 4.69) is 20.3 Å². The highest BCUT2D eigenvalue weighted by Crippen LogP contribution is 2.21. The van der Waals surface area contributed by atoms with E-state index in [1.54, 1.807) is 0 Å². The summed E-state index contributed by atoms with van der Waals surface area (Å²) in [5.74, 6) is -0.204. The molecule has 0 amide bonds. The standard InChI is InChI=1S/C12H10FN5/c1-2-16-12-17-7-10(13)11(18-12)9-3-8(4-14)5-15-6-9/h3,5-7H,2H2,1H3,(H,16,17,18). The molecule has 18 heavy (non-hydrogen) atoms. The largest absolute Gasteiger partial charge is 0.354 e. The molecule has 0 bridgehead atoms. The summed E-state index contributed by atoms with van der Waals surface area (Å²) in [6, 6.07) is 3.49. The van der Waals surface area contributed by atoms with Crippen LogP contribution in [0.5, 0.6) is 0 Å². The fourth-order valence-electron chi connectivity index (χ4n) is 1.44. The van der Waals surface area contributed by atoms with Crippen LogP contribution in [0, 0.1) is 17.1 Å². The van der Waals surface area contributed by atoms with Crippen molar-refractivity contribution in [3.63, 3.8) is 0 Å². The molecule has 2 heterocycles. The van der Waals surface area contributed by atoms with E-state index < -0.39 is 5.82 Å². The van der Waals surface area contributed by atoms with Gasteiger partial charge in [-0.25, -0.2) is 14.4 Å². The van der Waals surface area contributed by atoms with Crippen molar-refractivity contribution in [1.29, 1.82) is 5.26 Å². The summed E-state index contributed by atoms with van der Waals surface area (Å²) >= 11 is 0. The maximum atomic E-state index is 13.7. The van der Waals surface area contributed by atoms with Crippen LogP contribution in [0.15, 0.2) is 24.7 Å². The predicted molar refractivity (Wildman–Crippen MR) is 64.1 cm³/mol. The second kappa shape index (κ2) is 5.19. The molecule has 0 aliphatic rings. The van der Waals surface area contributed by atoms with Gasteiger partial charge in [-0.3, -0.25) is 4.98 Å². The van der Waals surface area contributed by atoms with Crippen LogP contribution in [0.2, 0.25) is 0 Å². The highest BCUT2D eigenvalue weighted by molar-refractivity contribution is 5.61. The van der Waals surface area contributed by atoms with Gasteiger partial charge in [0.15, 0.2) is 5.82 Å². The van der Waals surface area contributed by atoms with Crippen molar-refractivity contribution in [3.8, 4) is 17.3 Å². The number of nitrogens with zero attached hydrogens (tertiary/aromatic N) is 4. The molecule has 0 saturated carbocycles. The topological polar surface area (TPSA) is 74.5 Å². The lowest BCUT2D eigenvalue weighted by Crippen LogP contribution is -2.04. The van der Waals surface area contributed by atoms with E-state index in [-0.39, 0.29) is 5.69 Å². The van der Waals surface area contributed by atoms with Gasteiger partial charge in [-0.1, -0.05) is 0 Å². The number of hydrogen-bond donors (Lipinski definition) is 1. The van der Waals surface area contributed by atoms with E-state index >= 15 is 0 Å². The van der Waals surface area contributed by atoms with Gasteiger partial charge in [-0.05, 0) is 13.0 Å². The van der Waals surface area contributed by atoms with Crippen molar-refractivity contribution in [1.82, 2.24) is 15.0 Å². The minimum absolute atomic E-state index is 0.130. The zero-order chi connectivity index (χ0) is 13.0.